The second-order valence-corrected chi connectivity index (χ2v) is 4.96. The fraction of sp³-hybridized carbons (Fsp3) is 0.154. The average molecular weight is 302 g/mol. The van der Waals surface area contributed by atoms with Gasteiger partial charge in [-0.15, -0.1) is 11.3 Å². The SMILES string of the molecule is COC(=O)/C=C/c1sc2ccc(C(F)(F)F)cc2c1O. The highest BCUT2D eigenvalue weighted by atomic mass is 32.1. The van der Waals surface area contributed by atoms with Gasteiger partial charge in [0.05, 0.1) is 17.6 Å². The molecule has 0 saturated carbocycles. The van der Waals surface area contributed by atoms with Crippen LogP contribution in [0.15, 0.2) is 24.3 Å². The van der Waals surface area contributed by atoms with Crippen LogP contribution in [0.1, 0.15) is 10.4 Å². The number of carbonyl (C=O) groups is 1. The van der Waals surface area contributed by atoms with Crippen LogP contribution in [0.4, 0.5) is 13.2 Å². The summed E-state index contributed by atoms with van der Waals surface area (Å²) in [5.41, 5.74) is -0.832. The van der Waals surface area contributed by atoms with E-state index < -0.39 is 17.7 Å². The number of alkyl halides is 3. The smallest absolute Gasteiger partial charge is 0.416 e. The zero-order valence-electron chi connectivity index (χ0n) is 10.2. The van der Waals surface area contributed by atoms with Crippen LogP contribution in [0.2, 0.25) is 0 Å². The van der Waals surface area contributed by atoms with E-state index in [0.717, 1.165) is 29.5 Å². The summed E-state index contributed by atoms with van der Waals surface area (Å²) >= 11 is 1.08. The van der Waals surface area contributed by atoms with Gasteiger partial charge in [0.2, 0.25) is 0 Å². The van der Waals surface area contributed by atoms with Crippen molar-refractivity contribution < 1.29 is 27.8 Å². The van der Waals surface area contributed by atoms with Gasteiger partial charge in [0.25, 0.3) is 0 Å². The molecule has 7 heteroatoms. The van der Waals surface area contributed by atoms with Gasteiger partial charge < -0.3 is 9.84 Å². The number of ether oxygens (including phenoxy) is 1. The topological polar surface area (TPSA) is 46.5 Å². The van der Waals surface area contributed by atoms with E-state index in [4.69, 9.17) is 0 Å². The molecule has 0 aliphatic rings. The van der Waals surface area contributed by atoms with Crippen LogP contribution in [0.3, 0.4) is 0 Å². The third-order valence-electron chi connectivity index (χ3n) is 2.59. The third kappa shape index (κ3) is 2.77. The van der Waals surface area contributed by atoms with E-state index in [-0.39, 0.29) is 11.1 Å². The number of aromatic hydroxyl groups is 1. The van der Waals surface area contributed by atoms with Crippen LogP contribution in [0, 0.1) is 0 Å². The average Bonchev–Trinajstić information content (AvgIpc) is 2.71. The number of rotatable bonds is 2. The maximum Gasteiger partial charge on any atom is 0.416 e. The predicted octanol–water partition coefficient (Wildman–Crippen LogP) is 3.81. The molecular formula is C13H9F3O3S. The quantitative estimate of drug-likeness (QED) is 0.678. The normalized spacial score (nSPS) is 12.2. The van der Waals surface area contributed by atoms with Gasteiger partial charge in [-0.05, 0) is 24.3 Å². The lowest BCUT2D eigenvalue weighted by atomic mass is 10.1. The molecule has 20 heavy (non-hydrogen) atoms. The van der Waals surface area contributed by atoms with E-state index in [0.29, 0.717) is 9.58 Å². The molecule has 1 aromatic carbocycles. The van der Waals surface area contributed by atoms with Crippen LogP contribution in [-0.4, -0.2) is 18.2 Å². The molecule has 106 valence electrons. The lowest BCUT2D eigenvalue weighted by Crippen LogP contribution is -2.03. The van der Waals surface area contributed by atoms with Gasteiger partial charge in [0.15, 0.2) is 0 Å². The molecule has 0 aliphatic carbocycles. The summed E-state index contributed by atoms with van der Waals surface area (Å²) in [6.07, 6.45) is -2.07. The van der Waals surface area contributed by atoms with Crippen molar-refractivity contribution in [3.05, 3.63) is 34.7 Å². The highest BCUT2D eigenvalue weighted by molar-refractivity contribution is 7.20. The van der Waals surface area contributed by atoms with Crippen LogP contribution in [-0.2, 0) is 15.7 Å². The summed E-state index contributed by atoms with van der Waals surface area (Å²) < 4.78 is 42.7. The van der Waals surface area contributed by atoms with E-state index in [9.17, 15) is 23.1 Å². The summed E-state index contributed by atoms with van der Waals surface area (Å²) in [5.74, 6) is -0.894. The summed E-state index contributed by atoms with van der Waals surface area (Å²) in [6, 6.07) is 3.13. The number of hydrogen-bond donors (Lipinski definition) is 1. The number of fused-ring (bicyclic) bond motifs is 1. The maximum atomic E-state index is 12.6. The first-order valence-electron chi connectivity index (χ1n) is 5.41. The molecule has 1 N–H and O–H groups in total. The van der Waals surface area contributed by atoms with Crippen molar-refractivity contribution in [2.75, 3.05) is 7.11 Å². The number of thiophene rings is 1. The first-order chi connectivity index (χ1) is 9.32. The largest absolute Gasteiger partial charge is 0.506 e. The van der Waals surface area contributed by atoms with Gasteiger partial charge in [-0.25, -0.2) is 4.79 Å². The van der Waals surface area contributed by atoms with Gasteiger partial charge in [0.1, 0.15) is 5.75 Å². The number of esters is 1. The van der Waals surface area contributed by atoms with Gasteiger partial charge in [0, 0.05) is 16.2 Å². The van der Waals surface area contributed by atoms with Gasteiger partial charge in [-0.1, -0.05) is 0 Å². The first-order valence-corrected chi connectivity index (χ1v) is 6.23. The molecular weight excluding hydrogens is 293 g/mol. The molecule has 0 fully saturated rings. The summed E-state index contributed by atoms with van der Waals surface area (Å²) in [5, 5.41) is 10.0. The Hall–Kier alpha value is -2.02. The number of benzene rings is 1. The number of halogens is 3. The molecule has 1 aromatic heterocycles. The van der Waals surface area contributed by atoms with Gasteiger partial charge in [-0.2, -0.15) is 13.2 Å². The van der Waals surface area contributed by atoms with E-state index in [1.54, 1.807) is 0 Å². The van der Waals surface area contributed by atoms with Crippen LogP contribution in [0.25, 0.3) is 16.2 Å². The van der Waals surface area contributed by atoms with Crippen LogP contribution in [0.5, 0.6) is 5.75 Å². The molecule has 0 spiro atoms. The predicted molar refractivity (Wildman–Crippen MR) is 69.5 cm³/mol. The molecule has 2 aromatic rings. The van der Waals surface area contributed by atoms with Crippen molar-refractivity contribution in [3.8, 4) is 5.75 Å². The van der Waals surface area contributed by atoms with Gasteiger partial charge in [-0.3, -0.25) is 0 Å². The van der Waals surface area contributed by atoms with E-state index in [1.807, 2.05) is 0 Å². The molecule has 0 bridgehead atoms. The Kier molecular flexibility index (Phi) is 3.71. The lowest BCUT2D eigenvalue weighted by molar-refractivity contribution is -0.137. The van der Waals surface area contributed by atoms with E-state index >= 15 is 0 Å². The van der Waals surface area contributed by atoms with Crippen LogP contribution < -0.4 is 0 Å². The Balaban J connectivity index is 2.48. The monoisotopic (exact) mass is 302 g/mol. The van der Waals surface area contributed by atoms with Gasteiger partial charge >= 0.3 is 12.1 Å². The molecule has 0 amide bonds. The fourth-order valence-electron chi connectivity index (χ4n) is 1.60. The molecule has 0 unspecified atom stereocenters. The minimum atomic E-state index is -4.47. The third-order valence-corrected chi connectivity index (χ3v) is 3.71. The molecule has 0 atom stereocenters. The highest BCUT2D eigenvalue weighted by Crippen LogP contribution is 2.40. The second-order valence-electron chi connectivity index (χ2n) is 3.88. The standard InChI is InChI=1S/C13H9F3O3S/c1-19-11(17)5-4-10-12(18)8-6-7(13(14,15)16)2-3-9(8)20-10/h2-6,18H,1H3/b5-4+. The van der Waals surface area contributed by atoms with Crippen LogP contribution >= 0.6 is 11.3 Å². The molecule has 1 heterocycles. The Morgan fingerprint density at radius 3 is 2.70 bits per heavy atom. The fourth-order valence-corrected chi connectivity index (χ4v) is 2.59. The zero-order valence-corrected chi connectivity index (χ0v) is 11.0. The Morgan fingerprint density at radius 2 is 2.10 bits per heavy atom. The Labute approximate surface area is 115 Å². The van der Waals surface area contributed by atoms with Crippen molar-refractivity contribution in [2.24, 2.45) is 0 Å². The van der Waals surface area contributed by atoms with Crippen molar-refractivity contribution >= 4 is 33.5 Å². The Bertz CT molecular complexity index is 686. The molecule has 0 radical (unpaired) electrons. The minimum absolute atomic E-state index is 0.106. The molecule has 3 nitrogen and oxygen atoms in total. The molecule has 0 saturated heterocycles. The Morgan fingerprint density at radius 1 is 1.40 bits per heavy atom. The number of methoxy groups -OCH3 is 1. The number of carbonyl (C=O) groups excluding carboxylic acids is 1. The summed E-state index contributed by atoms with van der Waals surface area (Å²) in [6.45, 7) is 0. The number of hydrogen-bond acceptors (Lipinski definition) is 4. The van der Waals surface area contributed by atoms with E-state index in [1.165, 1.54) is 19.3 Å². The van der Waals surface area contributed by atoms with Crippen molar-refractivity contribution in [2.45, 2.75) is 6.18 Å². The zero-order chi connectivity index (χ0) is 14.9. The first kappa shape index (κ1) is 14.4. The minimum Gasteiger partial charge on any atom is -0.506 e. The van der Waals surface area contributed by atoms with Crippen molar-refractivity contribution in [1.82, 2.24) is 0 Å². The highest BCUT2D eigenvalue weighted by Gasteiger charge is 2.31. The van der Waals surface area contributed by atoms with E-state index in [2.05, 4.69) is 4.74 Å². The second kappa shape index (κ2) is 5.16. The lowest BCUT2D eigenvalue weighted by Gasteiger charge is -2.05. The maximum absolute atomic E-state index is 12.6. The van der Waals surface area contributed by atoms with Crippen molar-refractivity contribution in [3.63, 3.8) is 0 Å². The molecule has 0 aliphatic heterocycles. The van der Waals surface area contributed by atoms with Crippen molar-refractivity contribution in [1.29, 1.82) is 0 Å². The molecule has 2 rings (SSSR count). The summed E-state index contributed by atoms with van der Waals surface area (Å²) in [7, 11) is 1.20. The summed E-state index contributed by atoms with van der Waals surface area (Å²) in [4.78, 5) is 11.3.